The highest BCUT2D eigenvalue weighted by Gasteiger charge is 2.42. The Hall–Kier alpha value is -3.66. The molecule has 0 saturated carbocycles. The second-order valence-electron chi connectivity index (χ2n) is 6.88. The maximum atomic E-state index is 13.3. The van der Waals surface area contributed by atoms with Gasteiger partial charge in [-0.05, 0) is 22.3 Å². The zero-order chi connectivity index (χ0) is 20.2. The third kappa shape index (κ3) is 3.57. The Morgan fingerprint density at radius 1 is 0.793 bits per heavy atom. The van der Waals surface area contributed by atoms with Gasteiger partial charge in [0.15, 0.2) is 0 Å². The number of rotatable bonds is 4. The lowest BCUT2D eigenvalue weighted by Gasteiger charge is -2.35. The minimum Gasteiger partial charge on any atom is -0.468 e. The summed E-state index contributed by atoms with van der Waals surface area (Å²) in [6.45, 7) is 0. The van der Waals surface area contributed by atoms with Crippen molar-refractivity contribution < 1.29 is 14.3 Å². The van der Waals surface area contributed by atoms with E-state index in [2.05, 4.69) is 5.32 Å². The molecule has 4 heteroatoms. The summed E-state index contributed by atoms with van der Waals surface area (Å²) in [6, 6.07) is 28.0. The fourth-order valence-corrected chi connectivity index (χ4v) is 3.89. The highest BCUT2D eigenvalue weighted by Crippen LogP contribution is 2.43. The number of ether oxygens (including phenoxy) is 1. The summed E-state index contributed by atoms with van der Waals surface area (Å²) in [7, 11) is 1.38. The summed E-state index contributed by atoms with van der Waals surface area (Å²) in [5, 5.41) is 3.05. The third-order valence-electron chi connectivity index (χ3n) is 5.19. The van der Waals surface area contributed by atoms with Crippen molar-refractivity contribution in [3.05, 3.63) is 108 Å². The smallest absolute Gasteiger partial charge is 0.315 e. The molecule has 2 atom stereocenters. The predicted octanol–water partition coefficient (Wildman–Crippen LogP) is 4.26. The molecule has 3 aromatic carbocycles. The average Bonchev–Trinajstić information content (AvgIpc) is 2.79. The van der Waals surface area contributed by atoms with E-state index in [0.717, 1.165) is 16.7 Å². The molecule has 0 aromatic heterocycles. The Morgan fingerprint density at radius 3 is 1.86 bits per heavy atom. The molecule has 29 heavy (non-hydrogen) atoms. The van der Waals surface area contributed by atoms with Crippen LogP contribution in [0.2, 0.25) is 0 Å². The van der Waals surface area contributed by atoms with Gasteiger partial charge < -0.3 is 10.1 Å². The lowest BCUT2D eigenvalue weighted by Crippen LogP contribution is -2.43. The molecule has 0 spiro atoms. The van der Waals surface area contributed by atoms with E-state index in [1.54, 1.807) is 0 Å². The monoisotopic (exact) mass is 383 g/mol. The van der Waals surface area contributed by atoms with Gasteiger partial charge in [0.1, 0.15) is 5.92 Å². The lowest BCUT2D eigenvalue weighted by atomic mass is 9.76. The van der Waals surface area contributed by atoms with E-state index in [0.29, 0.717) is 11.1 Å². The van der Waals surface area contributed by atoms with Crippen molar-refractivity contribution in [3.63, 3.8) is 0 Å². The van der Waals surface area contributed by atoms with E-state index in [1.165, 1.54) is 7.11 Å². The zero-order valence-electron chi connectivity index (χ0n) is 16.0. The van der Waals surface area contributed by atoms with E-state index < -0.39 is 12.0 Å². The van der Waals surface area contributed by atoms with Gasteiger partial charge in [0.25, 0.3) is 5.91 Å². The first-order valence-corrected chi connectivity index (χ1v) is 9.49. The van der Waals surface area contributed by atoms with E-state index in [9.17, 15) is 9.59 Å². The first kappa shape index (κ1) is 18.7. The van der Waals surface area contributed by atoms with Gasteiger partial charge in [0.2, 0.25) is 0 Å². The quantitative estimate of drug-likeness (QED) is 0.685. The second kappa shape index (κ2) is 8.15. The van der Waals surface area contributed by atoms with Gasteiger partial charge >= 0.3 is 5.97 Å². The van der Waals surface area contributed by atoms with Gasteiger partial charge in [-0.2, -0.15) is 0 Å². The maximum absolute atomic E-state index is 13.3. The minimum atomic E-state index is -0.669. The Morgan fingerprint density at radius 2 is 1.31 bits per heavy atom. The van der Waals surface area contributed by atoms with Crippen molar-refractivity contribution in [2.24, 2.45) is 5.92 Å². The molecule has 1 amide bonds. The molecule has 0 aliphatic carbocycles. The molecule has 3 aromatic rings. The Balaban J connectivity index is 2.00. The molecule has 0 radical (unpaired) electrons. The van der Waals surface area contributed by atoms with Gasteiger partial charge in [-0.3, -0.25) is 9.59 Å². The number of carbonyl (C=O) groups excluding carboxylic acids is 2. The van der Waals surface area contributed by atoms with Crippen molar-refractivity contribution in [2.45, 2.75) is 6.04 Å². The average molecular weight is 383 g/mol. The summed E-state index contributed by atoms with van der Waals surface area (Å²) in [4.78, 5) is 26.3. The van der Waals surface area contributed by atoms with Crippen molar-refractivity contribution >= 4 is 23.0 Å². The highest BCUT2D eigenvalue weighted by atomic mass is 16.5. The largest absolute Gasteiger partial charge is 0.468 e. The number of hydrogen-bond acceptors (Lipinski definition) is 3. The number of carbonyl (C=O) groups is 2. The third-order valence-corrected chi connectivity index (χ3v) is 5.19. The van der Waals surface area contributed by atoms with Gasteiger partial charge in [-0.1, -0.05) is 91.0 Å². The molecule has 1 aliphatic rings. The first-order valence-electron chi connectivity index (χ1n) is 9.49. The topological polar surface area (TPSA) is 55.4 Å². The maximum Gasteiger partial charge on any atom is 0.315 e. The van der Waals surface area contributed by atoms with Crippen molar-refractivity contribution in [1.82, 2.24) is 5.32 Å². The summed E-state index contributed by atoms with van der Waals surface area (Å²) in [6.07, 6.45) is 0. The van der Waals surface area contributed by atoms with E-state index >= 15 is 0 Å². The second-order valence-corrected chi connectivity index (χ2v) is 6.88. The van der Waals surface area contributed by atoms with Crippen LogP contribution in [0.1, 0.15) is 22.7 Å². The molecule has 4 nitrogen and oxygen atoms in total. The summed E-state index contributed by atoms with van der Waals surface area (Å²) in [5.41, 5.74) is 3.64. The van der Waals surface area contributed by atoms with E-state index in [1.807, 2.05) is 91.0 Å². The molecule has 4 rings (SSSR count). The van der Waals surface area contributed by atoms with Crippen LogP contribution in [-0.4, -0.2) is 19.0 Å². The number of nitrogens with one attached hydrogen (secondary N) is 1. The number of methoxy groups -OCH3 is 1. The van der Waals surface area contributed by atoms with Gasteiger partial charge in [-0.15, -0.1) is 0 Å². The van der Waals surface area contributed by atoms with E-state index in [4.69, 9.17) is 4.74 Å². The van der Waals surface area contributed by atoms with Crippen LogP contribution in [0.25, 0.3) is 11.1 Å². The summed E-state index contributed by atoms with van der Waals surface area (Å²) in [5.74, 6) is -1.26. The molecular formula is C25H21NO3. The molecule has 144 valence electrons. The fraction of sp³-hybridized carbons (Fsp3) is 0.120. The van der Waals surface area contributed by atoms with Crippen LogP contribution in [0, 0.1) is 5.92 Å². The van der Waals surface area contributed by atoms with Gasteiger partial charge in [0.05, 0.1) is 18.7 Å². The highest BCUT2D eigenvalue weighted by molar-refractivity contribution is 6.30. The molecule has 0 bridgehead atoms. The molecular weight excluding hydrogens is 362 g/mol. The number of hydrogen-bond donors (Lipinski definition) is 1. The number of amides is 1. The van der Waals surface area contributed by atoms with Gasteiger partial charge in [0, 0.05) is 0 Å². The predicted molar refractivity (Wildman–Crippen MR) is 113 cm³/mol. The van der Waals surface area contributed by atoms with Crippen LogP contribution in [0.4, 0.5) is 0 Å². The first-order chi connectivity index (χ1) is 14.2. The van der Waals surface area contributed by atoms with Crippen molar-refractivity contribution in [1.29, 1.82) is 0 Å². The van der Waals surface area contributed by atoms with Crippen LogP contribution >= 0.6 is 0 Å². The van der Waals surface area contributed by atoms with Crippen LogP contribution in [0.15, 0.2) is 91.0 Å². The Labute approximate surface area is 169 Å². The molecule has 0 unspecified atom stereocenters. The fourth-order valence-electron chi connectivity index (χ4n) is 3.89. The molecule has 0 saturated heterocycles. The normalized spacial score (nSPS) is 18.9. The molecule has 0 fully saturated rings. The lowest BCUT2D eigenvalue weighted by molar-refractivity contribution is -0.144. The Bertz CT molecular complexity index is 1040. The molecule has 1 N–H and O–H groups in total. The zero-order valence-corrected chi connectivity index (χ0v) is 16.0. The summed E-state index contributed by atoms with van der Waals surface area (Å²) >= 11 is 0. The Kier molecular flexibility index (Phi) is 5.25. The molecule has 1 heterocycles. The minimum absolute atomic E-state index is 0.205. The number of benzene rings is 3. The van der Waals surface area contributed by atoms with Crippen LogP contribution in [0.5, 0.6) is 0 Å². The summed E-state index contributed by atoms with van der Waals surface area (Å²) < 4.78 is 5.19. The van der Waals surface area contributed by atoms with Crippen molar-refractivity contribution in [2.75, 3.05) is 7.11 Å². The number of esters is 1. The van der Waals surface area contributed by atoms with E-state index in [-0.39, 0.29) is 11.9 Å². The van der Waals surface area contributed by atoms with Crippen LogP contribution in [0.3, 0.4) is 0 Å². The molecule has 1 aliphatic heterocycles. The van der Waals surface area contributed by atoms with Crippen LogP contribution < -0.4 is 5.32 Å². The SMILES string of the molecule is COC(=O)[C@@H]1C(c2ccccc2)=C(c2ccccc2)C(=O)N[C@H]1c1ccccc1. The standard InChI is InChI=1S/C25H21NO3/c1-29-25(28)22-20(17-11-5-2-6-12-17)21(18-13-7-3-8-14-18)24(27)26-23(22)19-15-9-4-10-16-19/h2-16,22-23H,1H3,(H,26,27)/t22-,23+/m1/s1. The van der Waals surface area contributed by atoms with Crippen LogP contribution in [-0.2, 0) is 14.3 Å². The van der Waals surface area contributed by atoms with Crippen molar-refractivity contribution in [3.8, 4) is 0 Å². The van der Waals surface area contributed by atoms with Gasteiger partial charge in [-0.25, -0.2) is 0 Å².